The number of unbranched alkanes of at least 4 members (excludes halogenated alkanes) is 1. The summed E-state index contributed by atoms with van der Waals surface area (Å²) in [6.45, 7) is 15.4. The maximum atomic E-state index is 5.52. The average Bonchev–Trinajstić information content (AvgIpc) is 3.28. The molecule has 0 amide bonds. The first-order chi connectivity index (χ1) is 15.7. The molecule has 2 saturated heterocycles. The van der Waals surface area contributed by atoms with Gasteiger partial charge in [0.05, 0.1) is 0 Å². The highest BCUT2D eigenvalue weighted by Crippen LogP contribution is 2.32. The van der Waals surface area contributed by atoms with Crippen LogP contribution in [0.5, 0.6) is 11.5 Å². The van der Waals surface area contributed by atoms with E-state index < -0.39 is 0 Å². The molecule has 3 aliphatic rings. The first kappa shape index (κ1) is 23.1. The third-order valence-electron chi connectivity index (χ3n) is 6.59. The van der Waals surface area contributed by atoms with Crippen LogP contribution in [-0.2, 0) is 6.54 Å². The van der Waals surface area contributed by atoms with Crippen LogP contribution in [0.15, 0.2) is 23.2 Å². The van der Waals surface area contributed by atoms with Gasteiger partial charge in [0.15, 0.2) is 17.5 Å². The maximum Gasteiger partial charge on any atom is 0.231 e. The second kappa shape index (κ2) is 11.7. The molecule has 0 unspecified atom stereocenters. The maximum absolute atomic E-state index is 5.52. The largest absolute Gasteiger partial charge is 0.454 e. The molecule has 8 heteroatoms. The van der Waals surface area contributed by atoms with Crippen LogP contribution in [0.2, 0.25) is 0 Å². The van der Waals surface area contributed by atoms with E-state index in [4.69, 9.17) is 14.5 Å². The lowest BCUT2D eigenvalue weighted by atomic mass is 10.1. The zero-order valence-electron chi connectivity index (χ0n) is 19.9. The van der Waals surface area contributed by atoms with Gasteiger partial charge in [-0.15, -0.1) is 0 Å². The molecule has 0 atom stereocenters. The van der Waals surface area contributed by atoms with Gasteiger partial charge in [0, 0.05) is 72.0 Å². The molecule has 0 aliphatic carbocycles. The molecule has 0 saturated carbocycles. The number of piperazine rings is 2. The molecule has 178 valence electrons. The number of aliphatic imine (C=N–C) groups is 1. The smallest absolute Gasteiger partial charge is 0.231 e. The van der Waals surface area contributed by atoms with Gasteiger partial charge in [-0.25, -0.2) is 0 Å². The minimum atomic E-state index is 0.333. The number of nitrogens with one attached hydrogen (secondary N) is 1. The first-order valence-electron chi connectivity index (χ1n) is 12.3. The van der Waals surface area contributed by atoms with Crippen molar-refractivity contribution in [1.29, 1.82) is 0 Å². The van der Waals surface area contributed by atoms with Crippen LogP contribution in [0.3, 0.4) is 0 Å². The van der Waals surface area contributed by atoms with Crippen LogP contribution in [-0.4, -0.2) is 111 Å². The van der Waals surface area contributed by atoms with Gasteiger partial charge in [0.2, 0.25) is 6.79 Å². The minimum absolute atomic E-state index is 0.333. The molecule has 0 bridgehead atoms. The van der Waals surface area contributed by atoms with E-state index >= 15 is 0 Å². The highest BCUT2D eigenvalue weighted by Gasteiger charge is 2.21. The quantitative estimate of drug-likeness (QED) is 0.371. The van der Waals surface area contributed by atoms with Gasteiger partial charge >= 0.3 is 0 Å². The molecule has 4 rings (SSSR count). The van der Waals surface area contributed by atoms with Crippen LogP contribution in [0.1, 0.15) is 25.3 Å². The lowest BCUT2D eigenvalue weighted by Crippen LogP contribution is -2.52. The molecule has 3 heterocycles. The van der Waals surface area contributed by atoms with Gasteiger partial charge in [0.25, 0.3) is 0 Å². The fraction of sp³-hybridized carbons (Fsp3) is 0.708. The van der Waals surface area contributed by atoms with E-state index in [0.717, 1.165) is 69.7 Å². The Hall–Kier alpha value is -2.03. The van der Waals surface area contributed by atoms with Gasteiger partial charge in [-0.05, 0) is 51.1 Å². The fourth-order valence-corrected chi connectivity index (χ4v) is 4.54. The van der Waals surface area contributed by atoms with E-state index in [9.17, 15) is 0 Å². The van der Waals surface area contributed by atoms with Crippen molar-refractivity contribution in [2.45, 2.75) is 26.3 Å². The van der Waals surface area contributed by atoms with E-state index in [1.165, 1.54) is 44.7 Å². The first-order valence-corrected chi connectivity index (χ1v) is 12.3. The van der Waals surface area contributed by atoms with Gasteiger partial charge in [-0.3, -0.25) is 9.89 Å². The molecular formula is C24H40N6O2. The molecule has 1 aromatic rings. The normalized spacial score (nSPS) is 20.7. The second-order valence-corrected chi connectivity index (χ2v) is 9.04. The topological polar surface area (TPSA) is 55.8 Å². The highest BCUT2D eigenvalue weighted by molar-refractivity contribution is 5.80. The van der Waals surface area contributed by atoms with E-state index in [1.807, 2.05) is 6.07 Å². The van der Waals surface area contributed by atoms with Gasteiger partial charge < -0.3 is 29.5 Å². The lowest BCUT2D eigenvalue weighted by Gasteiger charge is -2.36. The second-order valence-electron chi connectivity index (χ2n) is 9.04. The average molecular weight is 445 g/mol. The van der Waals surface area contributed by atoms with Crippen molar-refractivity contribution < 1.29 is 9.47 Å². The number of fused-ring (bicyclic) bond motifs is 1. The van der Waals surface area contributed by atoms with Crippen molar-refractivity contribution in [2.75, 3.05) is 85.8 Å². The third kappa shape index (κ3) is 6.49. The Morgan fingerprint density at radius 3 is 2.47 bits per heavy atom. The van der Waals surface area contributed by atoms with Crippen LogP contribution in [0.4, 0.5) is 0 Å². The van der Waals surface area contributed by atoms with E-state index in [0.29, 0.717) is 6.79 Å². The summed E-state index contributed by atoms with van der Waals surface area (Å²) in [6, 6.07) is 6.28. The number of likely N-dealkylation sites (N-methyl/N-ethyl adjacent to an activating group) is 1. The predicted molar refractivity (Wildman–Crippen MR) is 129 cm³/mol. The number of ether oxygens (including phenoxy) is 2. The Morgan fingerprint density at radius 2 is 1.69 bits per heavy atom. The summed E-state index contributed by atoms with van der Waals surface area (Å²) in [4.78, 5) is 14.9. The molecule has 3 aliphatic heterocycles. The molecular weight excluding hydrogens is 404 g/mol. The van der Waals surface area contributed by atoms with Crippen LogP contribution in [0, 0.1) is 0 Å². The van der Waals surface area contributed by atoms with Gasteiger partial charge in [-0.1, -0.05) is 6.07 Å². The Bertz CT molecular complexity index is 742. The fourth-order valence-electron chi connectivity index (χ4n) is 4.54. The number of benzene rings is 1. The Labute approximate surface area is 193 Å². The summed E-state index contributed by atoms with van der Waals surface area (Å²) in [6.07, 6.45) is 2.39. The summed E-state index contributed by atoms with van der Waals surface area (Å²) in [5, 5.41) is 3.50. The van der Waals surface area contributed by atoms with Crippen LogP contribution in [0.25, 0.3) is 0 Å². The predicted octanol–water partition coefficient (Wildman–Crippen LogP) is 1.53. The number of rotatable bonds is 8. The molecule has 8 nitrogen and oxygen atoms in total. The van der Waals surface area contributed by atoms with E-state index in [1.54, 1.807) is 0 Å². The Kier molecular flexibility index (Phi) is 8.48. The molecule has 1 N–H and O–H groups in total. The molecule has 0 aromatic heterocycles. The van der Waals surface area contributed by atoms with Crippen molar-refractivity contribution in [2.24, 2.45) is 4.99 Å². The Balaban J connectivity index is 1.18. The van der Waals surface area contributed by atoms with Crippen LogP contribution >= 0.6 is 0 Å². The number of hydrogen-bond donors (Lipinski definition) is 1. The molecule has 1 aromatic carbocycles. The number of guanidine groups is 1. The highest BCUT2D eigenvalue weighted by atomic mass is 16.7. The minimum Gasteiger partial charge on any atom is -0.454 e. The number of nitrogens with zero attached hydrogens (tertiary/aromatic N) is 5. The van der Waals surface area contributed by atoms with Crippen molar-refractivity contribution in [1.82, 2.24) is 24.9 Å². The van der Waals surface area contributed by atoms with Crippen LogP contribution < -0.4 is 14.8 Å². The monoisotopic (exact) mass is 444 g/mol. The van der Waals surface area contributed by atoms with E-state index in [-0.39, 0.29) is 0 Å². The Morgan fingerprint density at radius 1 is 0.938 bits per heavy atom. The summed E-state index contributed by atoms with van der Waals surface area (Å²) in [5.74, 6) is 2.80. The zero-order chi connectivity index (χ0) is 22.2. The standard InChI is InChI=1S/C24H40N6O2/c1-3-25-24(26-8-4-5-9-28-12-10-27(2)11-13-28)30-16-14-29(15-17-30)19-21-6-7-22-23(18-21)32-20-31-22/h6-7,18H,3-5,8-17,19-20H2,1-2H3,(H,25,26). The number of hydrogen-bond acceptors (Lipinski definition) is 6. The SMILES string of the molecule is CCNC(=NCCCCN1CCN(C)CC1)N1CCN(Cc2ccc3c(c2)OCO3)CC1. The van der Waals surface area contributed by atoms with Crippen molar-refractivity contribution in [3.8, 4) is 11.5 Å². The van der Waals surface area contributed by atoms with Gasteiger partial charge in [-0.2, -0.15) is 0 Å². The van der Waals surface area contributed by atoms with Crippen molar-refractivity contribution >= 4 is 5.96 Å². The van der Waals surface area contributed by atoms with Crippen molar-refractivity contribution in [3.63, 3.8) is 0 Å². The summed E-state index contributed by atoms with van der Waals surface area (Å²) < 4.78 is 10.9. The van der Waals surface area contributed by atoms with Gasteiger partial charge in [0.1, 0.15) is 0 Å². The van der Waals surface area contributed by atoms with Crippen molar-refractivity contribution in [3.05, 3.63) is 23.8 Å². The van der Waals surface area contributed by atoms with E-state index in [2.05, 4.69) is 51.0 Å². The molecule has 32 heavy (non-hydrogen) atoms. The lowest BCUT2D eigenvalue weighted by molar-refractivity contribution is 0.152. The summed E-state index contributed by atoms with van der Waals surface area (Å²) in [7, 11) is 2.21. The molecule has 2 fully saturated rings. The third-order valence-corrected chi connectivity index (χ3v) is 6.59. The molecule has 0 spiro atoms. The summed E-state index contributed by atoms with van der Waals surface area (Å²) >= 11 is 0. The molecule has 0 radical (unpaired) electrons. The summed E-state index contributed by atoms with van der Waals surface area (Å²) in [5.41, 5.74) is 1.28. The zero-order valence-corrected chi connectivity index (χ0v) is 19.9.